The SMILES string of the molecule is C[C@H]1CN(CC2CCCCC2)CC[C@]1(C)c1cccc(O)c1. The quantitative estimate of drug-likeness (QED) is 0.884. The molecule has 1 saturated heterocycles. The largest absolute Gasteiger partial charge is 0.508 e. The monoisotopic (exact) mass is 301 g/mol. The van der Waals surface area contributed by atoms with Gasteiger partial charge in [-0.1, -0.05) is 45.2 Å². The molecule has 1 aromatic carbocycles. The fourth-order valence-electron chi connectivity index (χ4n) is 4.51. The second kappa shape index (κ2) is 6.62. The van der Waals surface area contributed by atoms with E-state index < -0.39 is 0 Å². The summed E-state index contributed by atoms with van der Waals surface area (Å²) in [5.41, 5.74) is 1.50. The van der Waals surface area contributed by atoms with Gasteiger partial charge in [-0.15, -0.1) is 0 Å². The van der Waals surface area contributed by atoms with Crippen molar-refractivity contribution in [3.05, 3.63) is 29.8 Å². The number of piperidine rings is 1. The molecular formula is C20H31NO. The number of aromatic hydroxyl groups is 1. The number of hydrogen-bond donors (Lipinski definition) is 1. The van der Waals surface area contributed by atoms with Crippen molar-refractivity contribution in [3.63, 3.8) is 0 Å². The fraction of sp³-hybridized carbons (Fsp3) is 0.700. The number of likely N-dealkylation sites (tertiary alicyclic amines) is 1. The lowest BCUT2D eigenvalue weighted by Gasteiger charge is -2.46. The van der Waals surface area contributed by atoms with Crippen molar-refractivity contribution in [1.29, 1.82) is 0 Å². The van der Waals surface area contributed by atoms with Crippen molar-refractivity contribution < 1.29 is 5.11 Å². The Bertz CT molecular complexity index is 494. The number of phenols is 1. The van der Waals surface area contributed by atoms with Gasteiger partial charge in [0.1, 0.15) is 5.75 Å². The van der Waals surface area contributed by atoms with Gasteiger partial charge in [0.25, 0.3) is 0 Å². The Morgan fingerprint density at radius 1 is 1.23 bits per heavy atom. The molecule has 2 atom stereocenters. The summed E-state index contributed by atoms with van der Waals surface area (Å²) in [7, 11) is 0. The number of hydrogen-bond acceptors (Lipinski definition) is 2. The van der Waals surface area contributed by atoms with Crippen LogP contribution in [0.3, 0.4) is 0 Å². The van der Waals surface area contributed by atoms with Crippen LogP contribution in [0.15, 0.2) is 24.3 Å². The smallest absolute Gasteiger partial charge is 0.115 e. The van der Waals surface area contributed by atoms with Crippen LogP contribution in [0.4, 0.5) is 0 Å². The highest BCUT2D eigenvalue weighted by molar-refractivity contribution is 5.33. The first-order chi connectivity index (χ1) is 10.6. The van der Waals surface area contributed by atoms with Gasteiger partial charge in [-0.05, 0) is 60.8 Å². The Hall–Kier alpha value is -1.02. The molecule has 1 aliphatic heterocycles. The van der Waals surface area contributed by atoms with Crippen LogP contribution in [-0.2, 0) is 5.41 Å². The van der Waals surface area contributed by atoms with E-state index in [4.69, 9.17) is 0 Å². The first-order valence-electron chi connectivity index (χ1n) is 9.10. The second-order valence-corrected chi connectivity index (χ2v) is 7.88. The Morgan fingerprint density at radius 3 is 2.68 bits per heavy atom. The molecule has 1 heterocycles. The molecule has 0 unspecified atom stereocenters. The number of rotatable bonds is 3. The molecule has 0 aromatic heterocycles. The van der Waals surface area contributed by atoms with Gasteiger partial charge in [0.15, 0.2) is 0 Å². The van der Waals surface area contributed by atoms with E-state index in [0.29, 0.717) is 11.7 Å². The number of phenolic OH excluding ortho intramolecular Hbond substituents is 1. The highest BCUT2D eigenvalue weighted by Gasteiger charge is 2.38. The van der Waals surface area contributed by atoms with E-state index >= 15 is 0 Å². The van der Waals surface area contributed by atoms with Crippen LogP contribution >= 0.6 is 0 Å². The molecule has 1 N–H and O–H groups in total. The molecule has 2 aliphatic rings. The van der Waals surface area contributed by atoms with Gasteiger partial charge in [0.2, 0.25) is 0 Å². The normalized spacial score (nSPS) is 31.3. The summed E-state index contributed by atoms with van der Waals surface area (Å²) in [6.07, 6.45) is 8.40. The van der Waals surface area contributed by atoms with E-state index in [-0.39, 0.29) is 5.41 Å². The molecule has 3 rings (SSSR count). The zero-order valence-corrected chi connectivity index (χ0v) is 14.2. The molecular weight excluding hydrogens is 270 g/mol. The second-order valence-electron chi connectivity index (χ2n) is 7.88. The summed E-state index contributed by atoms with van der Waals surface area (Å²) < 4.78 is 0. The Morgan fingerprint density at radius 2 is 2.00 bits per heavy atom. The zero-order valence-electron chi connectivity index (χ0n) is 14.2. The van der Waals surface area contributed by atoms with Crippen LogP contribution in [0.1, 0.15) is 57.9 Å². The Balaban J connectivity index is 1.64. The molecule has 0 amide bonds. The van der Waals surface area contributed by atoms with E-state index in [0.717, 1.165) is 5.92 Å². The highest BCUT2D eigenvalue weighted by Crippen LogP contribution is 2.40. The summed E-state index contributed by atoms with van der Waals surface area (Å²) in [4.78, 5) is 2.70. The lowest BCUT2D eigenvalue weighted by atomic mass is 9.68. The van der Waals surface area contributed by atoms with Gasteiger partial charge < -0.3 is 10.0 Å². The molecule has 2 nitrogen and oxygen atoms in total. The van der Waals surface area contributed by atoms with Crippen molar-refractivity contribution in [3.8, 4) is 5.75 Å². The van der Waals surface area contributed by atoms with E-state index in [1.54, 1.807) is 6.07 Å². The van der Waals surface area contributed by atoms with Crippen LogP contribution < -0.4 is 0 Å². The van der Waals surface area contributed by atoms with Gasteiger partial charge in [-0.3, -0.25) is 0 Å². The van der Waals surface area contributed by atoms with Gasteiger partial charge in [0, 0.05) is 13.1 Å². The fourth-order valence-corrected chi connectivity index (χ4v) is 4.51. The van der Waals surface area contributed by atoms with Crippen molar-refractivity contribution in [1.82, 2.24) is 4.90 Å². The third-order valence-corrected chi connectivity index (χ3v) is 6.31. The maximum Gasteiger partial charge on any atom is 0.115 e. The van der Waals surface area contributed by atoms with Gasteiger partial charge in [-0.25, -0.2) is 0 Å². The average molecular weight is 301 g/mol. The first kappa shape index (κ1) is 15.9. The van der Waals surface area contributed by atoms with E-state index in [9.17, 15) is 5.11 Å². The van der Waals surface area contributed by atoms with Crippen LogP contribution in [0, 0.1) is 11.8 Å². The predicted molar refractivity (Wildman–Crippen MR) is 92.3 cm³/mol. The Labute approximate surface area is 135 Å². The molecule has 1 aliphatic carbocycles. The topological polar surface area (TPSA) is 23.5 Å². The Kier molecular flexibility index (Phi) is 4.77. The minimum atomic E-state index is 0.196. The molecule has 1 aromatic rings. The third-order valence-electron chi connectivity index (χ3n) is 6.31. The van der Waals surface area contributed by atoms with Gasteiger partial charge in [0.05, 0.1) is 0 Å². The van der Waals surface area contributed by atoms with Crippen molar-refractivity contribution in [2.45, 2.75) is 57.8 Å². The predicted octanol–water partition coefficient (Wildman–Crippen LogP) is 4.57. The van der Waals surface area contributed by atoms with E-state index in [2.05, 4.69) is 24.8 Å². The average Bonchev–Trinajstić information content (AvgIpc) is 2.52. The van der Waals surface area contributed by atoms with Crippen LogP contribution in [0.25, 0.3) is 0 Å². The maximum absolute atomic E-state index is 9.80. The van der Waals surface area contributed by atoms with E-state index in [1.165, 1.54) is 63.7 Å². The number of nitrogens with zero attached hydrogens (tertiary/aromatic N) is 1. The molecule has 122 valence electrons. The standard InChI is InChI=1S/C20H31NO/c1-16-14-21(15-17-7-4-3-5-8-17)12-11-20(16,2)18-9-6-10-19(22)13-18/h6,9-10,13,16-17,22H,3-5,7-8,11-12,14-15H2,1-2H3/t16-,20-/m0/s1. The zero-order chi connectivity index (χ0) is 15.6. The van der Waals surface area contributed by atoms with Crippen LogP contribution in [0.5, 0.6) is 5.75 Å². The highest BCUT2D eigenvalue weighted by atomic mass is 16.3. The minimum absolute atomic E-state index is 0.196. The molecule has 2 fully saturated rings. The summed E-state index contributed by atoms with van der Waals surface area (Å²) in [5, 5.41) is 9.80. The third kappa shape index (κ3) is 3.32. The van der Waals surface area contributed by atoms with E-state index in [1.807, 2.05) is 12.1 Å². The van der Waals surface area contributed by atoms with Crippen LogP contribution in [0.2, 0.25) is 0 Å². The first-order valence-corrected chi connectivity index (χ1v) is 9.10. The van der Waals surface area contributed by atoms with Crippen LogP contribution in [-0.4, -0.2) is 29.6 Å². The van der Waals surface area contributed by atoms with Crippen molar-refractivity contribution in [2.24, 2.45) is 11.8 Å². The maximum atomic E-state index is 9.80. The lowest BCUT2D eigenvalue weighted by Crippen LogP contribution is -2.48. The summed E-state index contributed by atoms with van der Waals surface area (Å²) >= 11 is 0. The molecule has 0 radical (unpaired) electrons. The minimum Gasteiger partial charge on any atom is -0.508 e. The molecule has 22 heavy (non-hydrogen) atoms. The summed E-state index contributed by atoms with van der Waals surface area (Å²) in [5.74, 6) is 1.97. The molecule has 0 spiro atoms. The molecule has 2 heteroatoms. The van der Waals surface area contributed by atoms with Crippen molar-refractivity contribution in [2.75, 3.05) is 19.6 Å². The molecule has 0 bridgehead atoms. The van der Waals surface area contributed by atoms with Gasteiger partial charge in [-0.2, -0.15) is 0 Å². The lowest BCUT2D eigenvalue weighted by molar-refractivity contribution is 0.0896. The van der Waals surface area contributed by atoms with Gasteiger partial charge >= 0.3 is 0 Å². The number of benzene rings is 1. The summed E-state index contributed by atoms with van der Waals surface area (Å²) in [6.45, 7) is 8.47. The van der Waals surface area contributed by atoms with Crippen molar-refractivity contribution >= 4 is 0 Å². The summed E-state index contributed by atoms with van der Waals surface area (Å²) in [6, 6.07) is 7.91. The molecule has 1 saturated carbocycles.